The molecule has 21 heavy (non-hydrogen) atoms. The van der Waals surface area contributed by atoms with E-state index < -0.39 is 0 Å². The zero-order valence-corrected chi connectivity index (χ0v) is 15.0. The lowest BCUT2D eigenvalue weighted by Gasteiger charge is -2.26. The van der Waals surface area contributed by atoms with E-state index in [-0.39, 0.29) is 5.91 Å². The highest BCUT2D eigenvalue weighted by Crippen LogP contribution is 2.23. The van der Waals surface area contributed by atoms with E-state index in [1.54, 1.807) is 19.2 Å². The summed E-state index contributed by atoms with van der Waals surface area (Å²) in [6.07, 6.45) is 1.05. The summed E-state index contributed by atoms with van der Waals surface area (Å²) in [6, 6.07) is 5.74. The first-order valence-corrected chi connectivity index (χ1v) is 7.92. The van der Waals surface area contributed by atoms with E-state index in [1.807, 2.05) is 20.2 Å². The fraction of sp³-hybridized carbons (Fsp3) is 0.562. The molecule has 5 heteroatoms. The van der Waals surface area contributed by atoms with Crippen LogP contribution in [0.5, 0.6) is 5.75 Å². The minimum atomic E-state index is -0.102. The van der Waals surface area contributed by atoms with Crippen molar-refractivity contribution >= 4 is 21.8 Å². The predicted molar refractivity (Wildman–Crippen MR) is 90.0 cm³/mol. The smallest absolute Gasteiger partial charge is 0.255 e. The lowest BCUT2D eigenvalue weighted by molar-refractivity contribution is 0.0935. The van der Waals surface area contributed by atoms with Gasteiger partial charge in [-0.2, -0.15) is 0 Å². The number of hydrogen-bond donors (Lipinski definition) is 1. The molecule has 1 rings (SSSR count). The molecule has 1 aromatic rings. The first-order valence-electron chi connectivity index (χ1n) is 7.13. The van der Waals surface area contributed by atoms with Gasteiger partial charge in [0, 0.05) is 17.1 Å². The maximum Gasteiger partial charge on any atom is 0.255 e. The fourth-order valence-electron chi connectivity index (χ4n) is 2.18. The van der Waals surface area contributed by atoms with E-state index in [2.05, 4.69) is 40.0 Å². The van der Waals surface area contributed by atoms with Crippen molar-refractivity contribution < 1.29 is 9.53 Å². The number of likely N-dealkylation sites (N-methyl/N-ethyl adjacent to an activating group) is 1. The Labute approximate surface area is 136 Å². The van der Waals surface area contributed by atoms with E-state index in [0.717, 1.165) is 10.9 Å². The largest absolute Gasteiger partial charge is 0.496 e. The van der Waals surface area contributed by atoms with Gasteiger partial charge >= 0.3 is 0 Å². The maximum atomic E-state index is 12.3. The summed E-state index contributed by atoms with van der Waals surface area (Å²) in [6.45, 7) is 5.01. The number of nitrogens with zero attached hydrogens (tertiary/aromatic N) is 1. The summed E-state index contributed by atoms with van der Waals surface area (Å²) in [5.74, 6) is 1.07. The Morgan fingerprint density at radius 1 is 1.38 bits per heavy atom. The lowest BCUT2D eigenvalue weighted by Crippen LogP contribution is -2.41. The zero-order valence-electron chi connectivity index (χ0n) is 13.4. The van der Waals surface area contributed by atoms with Crippen molar-refractivity contribution in [2.75, 3.05) is 27.7 Å². The van der Waals surface area contributed by atoms with Gasteiger partial charge in [-0.3, -0.25) is 4.79 Å². The van der Waals surface area contributed by atoms with E-state index in [9.17, 15) is 4.79 Å². The highest BCUT2D eigenvalue weighted by atomic mass is 79.9. The van der Waals surface area contributed by atoms with Crippen molar-refractivity contribution in [1.82, 2.24) is 10.2 Å². The summed E-state index contributed by atoms with van der Waals surface area (Å²) < 4.78 is 6.16. The fourth-order valence-corrected chi connectivity index (χ4v) is 2.52. The number of halogens is 1. The highest BCUT2D eigenvalue weighted by Gasteiger charge is 2.17. The number of amides is 1. The monoisotopic (exact) mass is 356 g/mol. The molecule has 0 aromatic heterocycles. The summed E-state index contributed by atoms with van der Waals surface area (Å²) >= 11 is 3.38. The van der Waals surface area contributed by atoms with Gasteiger partial charge in [-0.05, 0) is 44.6 Å². The van der Waals surface area contributed by atoms with Crippen LogP contribution in [0.3, 0.4) is 0 Å². The van der Waals surface area contributed by atoms with E-state index in [1.165, 1.54) is 0 Å². The third-order valence-corrected chi connectivity index (χ3v) is 3.87. The van der Waals surface area contributed by atoms with Crippen molar-refractivity contribution in [1.29, 1.82) is 0 Å². The van der Waals surface area contributed by atoms with Crippen LogP contribution in [0.25, 0.3) is 0 Å². The summed E-state index contributed by atoms with van der Waals surface area (Å²) in [5.41, 5.74) is 0.558. The van der Waals surface area contributed by atoms with Crippen molar-refractivity contribution in [2.45, 2.75) is 26.3 Å². The van der Waals surface area contributed by atoms with Crippen LogP contribution in [-0.2, 0) is 0 Å². The molecule has 1 amide bonds. The van der Waals surface area contributed by atoms with Crippen LogP contribution >= 0.6 is 15.9 Å². The molecule has 0 saturated carbocycles. The molecule has 1 aromatic carbocycles. The quantitative estimate of drug-likeness (QED) is 0.815. The van der Waals surface area contributed by atoms with E-state index in [0.29, 0.717) is 29.8 Å². The first kappa shape index (κ1) is 18.0. The third-order valence-electron chi connectivity index (χ3n) is 3.38. The van der Waals surface area contributed by atoms with Gasteiger partial charge in [0.1, 0.15) is 5.75 Å². The molecule has 0 spiro atoms. The Balaban J connectivity index is 2.72. The molecule has 0 bridgehead atoms. The summed E-state index contributed by atoms with van der Waals surface area (Å²) in [7, 11) is 5.65. The number of carbonyl (C=O) groups excluding carboxylic acids is 1. The van der Waals surface area contributed by atoms with Crippen LogP contribution in [0.1, 0.15) is 30.6 Å². The van der Waals surface area contributed by atoms with Crippen molar-refractivity contribution in [3.8, 4) is 5.75 Å². The molecule has 0 aliphatic rings. The third kappa shape index (κ3) is 5.67. The Morgan fingerprint density at radius 3 is 2.57 bits per heavy atom. The van der Waals surface area contributed by atoms with Gasteiger partial charge in [0.25, 0.3) is 5.91 Å². The average Bonchev–Trinajstić information content (AvgIpc) is 2.42. The zero-order chi connectivity index (χ0) is 16.0. The predicted octanol–water partition coefficient (Wildman–Crippen LogP) is 3.16. The SMILES string of the molecule is COc1cc(Br)ccc1C(=O)NCC(CC(C)C)N(C)C. The van der Waals surface area contributed by atoms with Gasteiger partial charge in [-0.1, -0.05) is 29.8 Å². The normalized spacial score (nSPS) is 12.6. The second kappa shape index (κ2) is 8.39. The summed E-state index contributed by atoms with van der Waals surface area (Å²) in [5, 5.41) is 3.00. The Hall–Kier alpha value is -1.07. The van der Waals surface area contributed by atoms with Crippen LogP contribution in [-0.4, -0.2) is 44.6 Å². The number of methoxy groups -OCH3 is 1. The van der Waals surface area contributed by atoms with Crippen molar-refractivity contribution in [3.05, 3.63) is 28.2 Å². The number of carbonyl (C=O) groups is 1. The molecular formula is C16H25BrN2O2. The number of ether oxygens (including phenoxy) is 1. The second-order valence-corrected chi connectivity index (χ2v) is 6.72. The molecule has 118 valence electrons. The molecule has 1 atom stereocenters. The molecule has 0 radical (unpaired) electrons. The molecule has 1 unspecified atom stereocenters. The van der Waals surface area contributed by atoms with Crippen molar-refractivity contribution in [2.24, 2.45) is 5.92 Å². The van der Waals surface area contributed by atoms with Crippen LogP contribution in [0.15, 0.2) is 22.7 Å². The standard InChI is InChI=1S/C16H25BrN2O2/c1-11(2)8-13(19(3)4)10-18-16(20)14-7-6-12(17)9-15(14)21-5/h6-7,9,11,13H,8,10H2,1-5H3,(H,18,20). The molecule has 0 aliphatic heterocycles. The maximum absolute atomic E-state index is 12.3. The van der Waals surface area contributed by atoms with Crippen molar-refractivity contribution in [3.63, 3.8) is 0 Å². The Morgan fingerprint density at radius 2 is 2.05 bits per heavy atom. The Bertz CT molecular complexity index is 475. The van der Waals surface area contributed by atoms with Crippen LogP contribution in [0, 0.1) is 5.92 Å². The summed E-state index contributed by atoms with van der Waals surface area (Å²) in [4.78, 5) is 14.5. The molecular weight excluding hydrogens is 332 g/mol. The number of nitrogens with one attached hydrogen (secondary N) is 1. The molecule has 0 heterocycles. The number of hydrogen-bond acceptors (Lipinski definition) is 3. The van der Waals surface area contributed by atoms with Crippen LogP contribution in [0.2, 0.25) is 0 Å². The van der Waals surface area contributed by atoms with E-state index in [4.69, 9.17) is 4.74 Å². The second-order valence-electron chi connectivity index (χ2n) is 5.80. The lowest BCUT2D eigenvalue weighted by atomic mass is 10.0. The van der Waals surface area contributed by atoms with Gasteiger partial charge < -0.3 is 15.0 Å². The minimum Gasteiger partial charge on any atom is -0.496 e. The van der Waals surface area contributed by atoms with Gasteiger partial charge in [0.15, 0.2) is 0 Å². The first-order chi connectivity index (χ1) is 9.85. The molecule has 0 saturated heterocycles. The van der Waals surface area contributed by atoms with Gasteiger partial charge in [-0.25, -0.2) is 0 Å². The molecule has 4 nitrogen and oxygen atoms in total. The van der Waals surface area contributed by atoms with Gasteiger partial charge in [0.2, 0.25) is 0 Å². The van der Waals surface area contributed by atoms with Gasteiger partial charge in [-0.15, -0.1) is 0 Å². The van der Waals surface area contributed by atoms with Gasteiger partial charge in [0.05, 0.1) is 12.7 Å². The molecule has 1 N–H and O–H groups in total. The highest BCUT2D eigenvalue weighted by molar-refractivity contribution is 9.10. The topological polar surface area (TPSA) is 41.6 Å². The van der Waals surface area contributed by atoms with Crippen LogP contribution in [0.4, 0.5) is 0 Å². The average molecular weight is 357 g/mol. The van der Waals surface area contributed by atoms with Crippen LogP contribution < -0.4 is 10.1 Å². The molecule has 0 aliphatic carbocycles. The number of benzene rings is 1. The minimum absolute atomic E-state index is 0.102. The Kier molecular flexibility index (Phi) is 7.18. The van der Waals surface area contributed by atoms with E-state index >= 15 is 0 Å². The number of rotatable bonds is 7. The molecule has 0 fully saturated rings.